The smallest absolute Gasteiger partial charge is 0.335 e. The third-order valence-electron chi connectivity index (χ3n) is 2.53. The Balaban J connectivity index is 2.41. The van der Waals surface area contributed by atoms with Crippen LogP contribution in [-0.2, 0) is 0 Å². The van der Waals surface area contributed by atoms with Crippen LogP contribution >= 0.6 is 0 Å². The number of hydrogen-bond donors (Lipinski definition) is 1. The maximum absolute atomic E-state index is 13.7. The van der Waals surface area contributed by atoms with E-state index in [1.807, 2.05) is 0 Å². The number of benzene rings is 2. The van der Waals surface area contributed by atoms with Gasteiger partial charge in [0, 0.05) is 0 Å². The maximum atomic E-state index is 13.7. The second kappa shape index (κ2) is 5.56. The van der Waals surface area contributed by atoms with E-state index in [0.29, 0.717) is 17.9 Å². The van der Waals surface area contributed by atoms with Crippen molar-refractivity contribution in [1.82, 2.24) is 0 Å². The van der Waals surface area contributed by atoms with Gasteiger partial charge in [0.05, 0.1) is 12.7 Å². The molecule has 0 aliphatic heterocycles. The fourth-order valence-corrected chi connectivity index (χ4v) is 1.59. The van der Waals surface area contributed by atoms with Crippen molar-refractivity contribution in [2.24, 2.45) is 0 Å². The average Bonchev–Trinajstić information content (AvgIpc) is 2.42. The summed E-state index contributed by atoms with van der Waals surface area (Å²) in [6.45, 7) is 0. The number of carboxylic acid groups (broad SMARTS) is 1. The molecule has 4 nitrogen and oxygen atoms in total. The molecule has 0 aromatic heterocycles. The number of ether oxygens (including phenoxy) is 2. The summed E-state index contributed by atoms with van der Waals surface area (Å²) < 4.78 is 37.6. The average molecular weight is 280 g/mol. The number of para-hydroxylation sites is 2. The van der Waals surface area contributed by atoms with Gasteiger partial charge in [-0.2, -0.15) is 0 Å². The van der Waals surface area contributed by atoms with Gasteiger partial charge in [0.25, 0.3) is 0 Å². The summed E-state index contributed by atoms with van der Waals surface area (Å²) in [5, 5.41) is 8.70. The van der Waals surface area contributed by atoms with Gasteiger partial charge in [-0.15, -0.1) is 0 Å². The standard InChI is InChI=1S/C14H10F2O4/c1-19-11-4-2-3-5-12(11)20-13-9(15)6-8(14(17)18)7-10(13)16/h2-7H,1H3,(H,17,18). The van der Waals surface area contributed by atoms with E-state index >= 15 is 0 Å². The Kier molecular flexibility index (Phi) is 3.84. The van der Waals surface area contributed by atoms with E-state index in [0.717, 1.165) is 0 Å². The van der Waals surface area contributed by atoms with Gasteiger partial charge in [-0.3, -0.25) is 0 Å². The number of aromatic carboxylic acids is 1. The zero-order valence-electron chi connectivity index (χ0n) is 10.4. The second-order valence-corrected chi connectivity index (χ2v) is 3.83. The molecule has 1 N–H and O–H groups in total. The maximum Gasteiger partial charge on any atom is 0.335 e. The first-order chi connectivity index (χ1) is 9.52. The number of carboxylic acids is 1. The molecule has 0 amide bonds. The molecule has 0 saturated carbocycles. The van der Waals surface area contributed by atoms with E-state index in [-0.39, 0.29) is 5.75 Å². The second-order valence-electron chi connectivity index (χ2n) is 3.83. The summed E-state index contributed by atoms with van der Waals surface area (Å²) in [5.41, 5.74) is -0.493. The predicted molar refractivity (Wildman–Crippen MR) is 66.4 cm³/mol. The van der Waals surface area contributed by atoms with Crippen LogP contribution in [0.2, 0.25) is 0 Å². The van der Waals surface area contributed by atoms with Gasteiger partial charge in [0.1, 0.15) is 0 Å². The monoisotopic (exact) mass is 280 g/mol. The molecule has 20 heavy (non-hydrogen) atoms. The first-order valence-electron chi connectivity index (χ1n) is 5.56. The quantitative estimate of drug-likeness (QED) is 0.931. The molecule has 0 fully saturated rings. The van der Waals surface area contributed by atoms with Gasteiger partial charge in [-0.05, 0) is 24.3 Å². The molecule has 2 rings (SSSR count). The lowest BCUT2D eigenvalue weighted by atomic mass is 10.2. The molecule has 0 atom stereocenters. The minimum Gasteiger partial charge on any atom is -0.493 e. The molecule has 6 heteroatoms. The minimum atomic E-state index is -1.42. The van der Waals surface area contributed by atoms with Crippen molar-refractivity contribution < 1.29 is 28.2 Å². The molecule has 2 aromatic rings. The van der Waals surface area contributed by atoms with Crippen LogP contribution in [0.25, 0.3) is 0 Å². The van der Waals surface area contributed by atoms with Crippen molar-refractivity contribution in [3.05, 3.63) is 53.6 Å². The molecule has 0 unspecified atom stereocenters. The van der Waals surface area contributed by atoms with Gasteiger partial charge < -0.3 is 14.6 Å². The van der Waals surface area contributed by atoms with Crippen molar-refractivity contribution >= 4 is 5.97 Å². The zero-order valence-corrected chi connectivity index (χ0v) is 10.4. The van der Waals surface area contributed by atoms with E-state index in [2.05, 4.69) is 0 Å². The zero-order chi connectivity index (χ0) is 14.7. The normalized spacial score (nSPS) is 10.2. The van der Waals surface area contributed by atoms with Gasteiger partial charge in [-0.1, -0.05) is 12.1 Å². The van der Waals surface area contributed by atoms with E-state index in [9.17, 15) is 13.6 Å². The molecule has 0 aliphatic rings. The topological polar surface area (TPSA) is 55.8 Å². The van der Waals surface area contributed by atoms with Gasteiger partial charge in [0.15, 0.2) is 28.9 Å². The summed E-state index contributed by atoms with van der Waals surface area (Å²) in [6, 6.07) is 7.71. The Morgan fingerprint density at radius 2 is 1.65 bits per heavy atom. The molecule has 0 heterocycles. The summed E-state index contributed by atoms with van der Waals surface area (Å²) in [7, 11) is 1.39. The Morgan fingerprint density at radius 3 is 2.15 bits per heavy atom. The van der Waals surface area contributed by atoms with Crippen LogP contribution in [0.5, 0.6) is 17.2 Å². The molecule has 2 aromatic carbocycles. The number of methoxy groups -OCH3 is 1. The fraction of sp³-hybridized carbons (Fsp3) is 0.0714. The third-order valence-corrected chi connectivity index (χ3v) is 2.53. The molecule has 104 valence electrons. The lowest BCUT2D eigenvalue weighted by Crippen LogP contribution is -2.01. The summed E-state index contributed by atoms with van der Waals surface area (Å²) in [4.78, 5) is 10.7. The highest BCUT2D eigenvalue weighted by atomic mass is 19.1. The minimum absolute atomic E-state index is 0.121. The third kappa shape index (κ3) is 2.69. The van der Waals surface area contributed by atoms with Crippen LogP contribution in [0.1, 0.15) is 10.4 Å². The highest BCUT2D eigenvalue weighted by molar-refractivity contribution is 5.87. The van der Waals surface area contributed by atoms with Crippen LogP contribution in [0.15, 0.2) is 36.4 Å². The van der Waals surface area contributed by atoms with Gasteiger partial charge in [0.2, 0.25) is 0 Å². The lowest BCUT2D eigenvalue weighted by Gasteiger charge is -2.11. The number of rotatable bonds is 4. The Bertz CT molecular complexity index is 632. The van der Waals surface area contributed by atoms with Gasteiger partial charge >= 0.3 is 5.97 Å². The highest BCUT2D eigenvalue weighted by Crippen LogP contribution is 2.34. The number of halogens is 2. The van der Waals surface area contributed by atoms with Crippen molar-refractivity contribution in [3.8, 4) is 17.2 Å². The predicted octanol–water partition coefficient (Wildman–Crippen LogP) is 3.46. The van der Waals surface area contributed by atoms with Crippen LogP contribution in [0.4, 0.5) is 8.78 Å². The van der Waals surface area contributed by atoms with Crippen molar-refractivity contribution in [3.63, 3.8) is 0 Å². The Hall–Kier alpha value is -2.63. The van der Waals surface area contributed by atoms with Gasteiger partial charge in [-0.25, -0.2) is 13.6 Å². The van der Waals surface area contributed by atoms with Crippen LogP contribution < -0.4 is 9.47 Å². The van der Waals surface area contributed by atoms with Crippen LogP contribution in [-0.4, -0.2) is 18.2 Å². The molecule has 0 saturated heterocycles. The summed E-state index contributed by atoms with van der Waals surface area (Å²) >= 11 is 0. The molecule has 0 radical (unpaired) electrons. The van der Waals surface area contributed by atoms with Crippen LogP contribution in [0, 0.1) is 11.6 Å². The molecule has 0 aliphatic carbocycles. The number of hydrogen-bond acceptors (Lipinski definition) is 3. The first-order valence-corrected chi connectivity index (χ1v) is 5.56. The lowest BCUT2D eigenvalue weighted by molar-refractivity contribution is 0.0695. The molecule has 0 bridgehead atoms. The Morgan fingerprint density at radius 1 is 1.10 bits per heavy atom. The van der Waals surface area contributed by atoms with Crippen molar-refractivity contribution in [2.75, 3.05) is 7.11 Å². The SMILES string of the molecule is COc1ccccc1Oc1c(F)cc(C(=O)O)cc1F. The summed E-state index contributed by atoms with van der Waals surface area (Å²) in [6.07, 6.45) is 0. The number of carbonyl (C=O) groups is 1. The molecular formula is C14H10F2O4. The van der Waals surface area contributed by atoms with E-state index in [1.54, 1.807) is 18.2 Å². The molecule has 0 spiro atoms. The van der Waals surface area contributed by atoms with Crippen LogP contribution in [0.3, 0.4) is 0 Å². The molecular weight excluding hydrogens is 270 g/mol. The van der Waals surface area contributed by atoms with E-state index in [1.165, 1.54) is 13.2 Å². The fourth-order valence-electron chi connectivity index (χ4n) is 1.59. The van der Waals surface area contributed by atoms with E-state index < -0.39 is 28.9 Å². The van der Waals surface area contributed by atoms with Crippen molar-refractivity contribution in [1.29, 1.82) is 0 Å². The summed E-state index contributed by atoms with van der Waals surface area (Å²) in [5.74, 6) is -3.89. The largest absolute Gasteiger partial charge is 0.493 e. The van der Waals surface area contributed by atoms with E-state index in [4.69, 9.17) is 14.6 Å². The Labute approximate surface area is 113 Å². The first kappa shape index (κ1) is 13.8. The van der Waals surface area contributed by atoms with Crippen molar-refractivity contribution in [2.45, 2.75) is 0 Å². The highest BCUT2D eigenvalue weighted by Gasteiger charge is 2.17.